The molecule has 2 heterocycles. The third kappa shape index (κ3) is 2.50. The lowest BCUT2D eigenvalue weighted by Gasteiger charge is -2.11. The summed E-state index contributed by atoms with van der Waals surface area (Å²) in [4.78, 5) is 10.8. The van der Waals surface area contributed by atoms with Crippen LogP contribution in [0.3, 0.4) is 0 Å². The monoisotopic (exact) mass is 279 g/mol. The van der Waals surface area contributed by atoms with Crippen molar-refractivity contribution in [1.29, 1.82) is 0 Å². The first-order valence-corrected chi connectivity index (χ1v) is 6.78. The van der Waals surface area contributed by atoms with Crippen molar-refractivity contribution in [2.45, 2.75) is 6.92 Å². The molecule has 5 heteroatoms. The summed E-state index contributed by atoms with van der Waals surface area (Å²) in [6.45, 7) is 2.01. The highest BCUT2D eigenvalue weighted by Crippen LogP contribution is 2.31. The molecule has 0 bridgehead atoms. The molecule has 0 amide bonds. The average molecular weight is 279 g/mol. The summed E-state index contributed by atoms with van der Waals surface area (Å²) in [5.41, 5.74) is 4.88. The van der Waals surface area contributed by atoms with Crippen LogP contribution in [0.25, 0.3) is 22.5 Å². The summed E-state index contributed by atoms with van der Waals surface area (Å²) in [6, 6.07) is 12.0. The van der Waals surface area contributed by atoms with Crippen LogP contribution < -0.4 is 4.90 Å². The van der Waals surface area contributed by atoms with Crippen molar-refractivity contribution < 1.29 is 0 Å². The molecule has 3 rings (SSSR count). The number of benzene rings is 1. The van der Waals surface area contributed by atoms with E-state index in [1.807, 2.05) is 62.3 Å². The third-order valence-electron chi connectivity index (χ3n) is 3.29. The molecule has 0 atom stereocenters. The van der Waals surface area contributed by atoms with E-state index in [1.54, 1.807) is 6.20 Å². The molecule has 2 aromatic heterocycles. The van der Waals surface area contributed by atoms with Crippen LogP contribution in [0.5, 0.6) is 0 Å². The fourth-order valence-corrected chi connectivity index (χ4v) is 2.25. The zero-order chi connectivity index (χ0) is 14.8. The minimum absolute atomic E-state index is 0.687. The minimum Gasteiger partial charge on any atom is -0.347 e. The summed E-state index contributed by atoms with van der Waals surface area (Å²) >= 11 is 0. The molecule has 5 nitrogen and oxygen atoms in total. The lowest BCUT2D eigenvalue weighted by Crippen LogP contribution is -2.12. The van der Waals surface area contributed by atoms with Crippen molar-refractivity contribution in [3.05, 3.63) is 48.3 Å². The Hall–Kier alpha value is -2.69. The summed E-state index contributed by atoms with van der Waals surface area (Å²) in [6.07, 6.45) is 1.78. The van der Waals surface area contributed by atoms with Gasteiger partial charge >= 0.3 is 0 Å². The van der Waals surface area contributed by atoms with Crippen molar-refractivity contribution >= 4 is 5.95 Å². The first kappa shape index (κ1) is 13.3. The van der Waals surface area contributed by atoms with E-state index in [2.05, 4.69) is 20.2 Å². The van der Waals surface area contributed by atoms with Gasteiger partial charge in [-0.3, -0.25) is 5.10 Å². The molecule has 0 saturated carbocycles. The minimum atomic E-state index is 0.687. The molecule has 21 heavy (non-hydrogen) atoms. The van der Waals surface area contributed by atoms with Gasteiger partial charge in [-0.25, -0.2) is 9.97 Å². The fraction of sp³-hybridized carbons (Fsp3) is 0.188. The highest BCUT2D eigenvalue weighted by atomic mass is 15.2. The molecule has 0 aliphatic carbocycles. The van der Waals surface area contributed by atoms with Crippen molar-refractivity contribution in [3.8, 4) is 22.5 Å². The highest BCUT2D eigenvalue weighted by molar-refractivity contribution is 5.80. The van der Waals surface area contributed by atoms with Crippen LogP contribution in [0.4, 0.5) is 5.95 Å². The Labute approximate surface area is 123 Å². The number of aromatic amines is 1. The van der Waals surface area contributed by atoms with E-state index >= 15 is 0 Å². The first-order chi connectivity index (χ1) is 10.2. The number of aromatic nitrogens is 4. The second-order valence-electron chi connectivity index (χ2n) is 5.07. The Morgan fingerprint density at radius 3 is 2.52 bits per heavy atom. The van der Waals surface area contributed by atoms with Gasteiger partial charge in [0.1, 0.15) is 5.69 Å². The topological polar surface area (TPSA) is 57.7 Å². The maximum Gasteiger partial charge on any atom is 0.225 e. The van der Waals surface area contributed by atoms with Crippen LogP contribution in [0.15, 0.2) is 42.6 Å². The number of aryl methyl sites for hydroxylation is 1. The number of anilines is 1. The lowest BCUT2D eigenvalue weighted by molar-refractivity contribution is 1.00. The smallest absolute Gasteiger partial charge is 0.225 e. The summed E-state index contributed by atoms with van der Waals surface area (Å²) < 4.78 is 0. The van der Waals surface area contributed by atoms with E-state index in [0.29, 0.717) is 5.95 Å². The number of hydrogen-bond acceptors (Lipinski definition) is 4. The van der Waals surface area contributed by atoms with Crippen LogP contribution in [0.1, 0.15) is 5.69 Å². The summed E-state index contributed by atoms with van der Waals surface area (Å²) in [5, 5.41) is 7.50. The zero-order valence-electron chi connectivity index (χ0n) is 12.3. The molecule has 0 radical (unpaired) electrons. The Bertz CT molecular complexity index is 746. The Morgan fingerprint density at radius 1 is 1.05 bits per heavy atom. The number of H-pyrrole nitrogens is 1. The van der Waals surface area contributed by atoms with Gasteiger partial charge in [0.15, 0.2) is 0 Å². The second-order valence-corrected chi connectivity index (χ2v) is 5.07. The van der Waals surface area contributed by atoms with Gasteiger partial charge in [0, 0.05) is 37.1 Å². The van der Waals surface area contributed by atoms with Gasteiger partial charge < -0.3 is 4.90 Å². The van der Waals surface area contributed by atoms with Crippen LogP contribution in [0, 0.1) is 6.92 Å². The average Bonchev–Trinajstić information content (AvgIpc) is 2.90. The van der Waals surface area contributed by atoms with Gasteiger partial charge in [0.2, 0.25) is 5.95 Å². The molecule has 0 fully saturated rings. The molecular formula is C16H17N5. The van der Waals surface area contributed by atoms with Crippen molar-refractivity contribution in [2.75, 3.05) is 19.0 Å². The third-order valence-corrected chi connectivity index (χ3v) is 3.29. The number of rotatable bonds is 3. The predicted molar refractivity (Wildman–Crippen MR) is 84.1 cm³/mol. The van der Waals surface area contributed by atoms with E-state index in [-0.39, 0.29) is 0 Å². The van der Waals surface area contributed by atoms with Crippen molar-refractivity contribution in [3.63, 3.8) is 0 Å². The largest absolute Gasteiger partial charge is 0.347 e. The molecule has 3 aromatic rings. The molecule has 1 N–H and O–H groups in total. The van der Waals surface area contributed by atoms with E-state index in [4.69, 9.17) is 0 Å². The molecular weight excluding hydrogens is 262 g/mol. The van der Waals surface area contributed by atoms with Crippen LogP contribution in [-0.2, 0) is 0 Å². The Morgan fingerprint density at radius 2 is 1.81 bits per heavy atom. The van der Waals surface area contributed by atoms with Gasteiger partial charge in [-0.2, -0.15) is 5.10 Å². The first-order valence-electron chi connectivity index (χ1n) is 6.78. The Kier molecular flexibility index (Phi) is 3.39. The van der Waals surface area contributed by atoms with Crippen molar-refractivity contribution in [2.24, 2.45) is 0 Å². The SMILES string of the molecule is Cc1[nH]nc(-c2ccccc2)c1-c1ccnc(N(C)C)n1. The van der Waals surface area contributed by atoms with E-state index in [9.17, 15) is 0 Å². The van der Waals surface area contributed by atoms with Gasteiger partial charge in [0.25, 0.3) is 0 Å². The predicted octanol–water partition coefficient (Wildman–Crippen LogP) is 2.91. The van der Waals surface area contributed by atoms with E-state index in [0.717, 1.165) is 28.2 Å². The maximum atomic E-state index is 4.62. The number of hydrogen-bond donors (Lipinski definition) is 1. The molecule has 106 valence electrons. The van der Waals surface area contributed by atoms with E-state index in [1.165, 1.54) is 0 Å². The second kappa shape index (κ2) is 5.36. The number of nitrogens with one attached hydrogen (secondary N) is 1. The standard InChI is InChI=1S/C16H17N5/c1-11-14(13-9-10-17-16(18-13)21(2)3)15(20-19-11)12-7-5-4-6-8-12/h4-10H,1-3H3,(H,19,20). The van der Waals surface area contributed by atoms with Gasteiger partial charge in [-0.05, 0) is 13.0 Å². The van der Waals surface area contributed by atoms with Crippen LogP contribution in [0.2, 0.25) is 0 Å². The maximum absolute atomic E-state index is 4.62. The fourth-order valence-electron chi connectivity index (χ4n) is 2.25. The van der Waals surface area contributed by atoms with Crippen molar-refractivity contribution in [1.82, 2.24) is 20.2 Å². The van der Waals surface area contributed by atoms with Gasteiger partial charge in [-0.15, -0.1) is 0 Å². The summed E-state index contributed by atoms with van der Waals surface area (Å²) in [7, 11) is 3.86. The zero-order valence-corrected chi connectivity index (χ0v) is 12.3. The molecule has 1 aromatic carbocycles. The molecule has 0 spiro atoms. The quantitative estimate of drug-likeness (QED) is 0.801. The lowest BCUT2D eigenvalue weighted by atomic mass is 10.0. The van der Waals surface area contributed by atoms with E-state index < -0.39 is 0 Å². The highest BCUT2D eigenvalue weighted by Gasteiger charge is 2.16. The Balaban J connectivity index is 2.15. The molecule has 0 aliphatic heterocycles. The molecule has 0 saturated heterocycles. The molecule has 0 unspecified atom stereocenters. The number of nitrogens with zero attached hydrogens (tertiary/aromatic N) is 4. The van der Waals surface area contributed by atoms with Crippen LogP contribution >= 0.6 is 0 Å². The summed E-state index contributed by atoms with van der Waals surface area (Å²) in [5.74, 6) is 0.687. The molecule has 0 aliphatic rings. The normalized spacial score (nSPS) is 10.6. The van der Waals surface area contributed by atoms with Crippen LogP contribution in [-0.4, -0.2) is 34.3 Å². The van der Waals surface area contributed by atoms with Gasteiger partial charge in [-0.1, -0.05) is 30.3 Å². The van der Waals surface area contributed by atoms with Gasteiger partial charge in [0.05, 0.1) is 5.69 Å².